The van der Waals surface area contributed by atoms with Crippen LogP contribution in [0.2, 0.25) is 0 Å². The standard InChI is InChI=1S/C12H22N4S/c1-12(2)7-5-6-9(10(12)13-3)17-11-14-8-15-16(11)4/h8-10,13H,5-7H2,1-4H3. The largest absolute Gasteiger partial charge is 0.315 e. The Bertz CT molecular complexity index is 374. The quantitative estimate of drug-likeness (QED) is 0.897. The van der Waals surface area contributed by atoms with E-state index in [-0.39, 0.29) is 0 Å². The first-order valence-electron chi connectivity index (χ1n) is 6.22. The van der Waals surface area contributed by atoms with Crippen LogP contribution in [-0.2, 0) is 7.05 Å². The molecule has 1 heterocycles. The van der Waals surface area contributed by atoms with Gasteiger partial charge in [-0.05, 0) is 25.3 Å². The molecule has 5 heteroatoms. The first kappa shape index (κ1) is 12.9. The van der Waals surface area contributed by atoms with E-state index in [1.54, 1.807) is 6.33 Å². The number of nitrogens with zero attached hydrogens (tertiary/aromatic N) is 3. The average Bonchev–Trinajstić information content (AvgIpc) is 2.64. The van der Waals surface area contributed by atoms with E-state index >= 15 is 0 Å². The fraction of sp³-hybridized carbons (Fsp3) is 0.833. The minimum absolute atomic E-state index is 0.364. The van der Waals surface area contributed by atoms with Gasteiger partial charge in [-0.3, -0.25) is 0 Å². The molecular weight excluding hydrogens is 232 g/mol. The summed E-state index contributed by atoms with van der Waals surface area (Å²) >= 11 is 1.86. The lowest BCUT2D eigenvalue weighted by molar-refractivity contribution is 0.182. The highest BCUT2D eigenvalue weighted by atomic mass is 32.2. The summed E-state index contributed by atoms with van der Waals surface area (Å²) in [6.07, 6.45) is 5.49. The van der Waals surface area contributed by atoms with Gasteiger partial charge in [0.2, 0.25) is 0 Å². The molecule has 1 aromatic heterocycles. The van der Waals surface area contributed by atoms with Crippen molar-refractivity contribution in [3.05, 3.63) is 6.33 Å². The third kappa shape index (κ3) is 2.65. The Morgan fingerprint density at radius 2 is 2.29 bits per heavy atom. The Labute approximate surface area is 108 Å². The van der Waals surface area contributed by atoms with Crippen LogP contribution >= 0.6 is 11.8 Å². The van der Waals surface area contributed by atoms with Gasteiger partial charge in [0.25, 0.3) is 0 Å². The van der Waals surface area contributed by atoms with Crippen LogP contribution in [0.5, 0.6) is 0 Å². The van der Waals surface area contributed by atoms with Crippen molar-refractivity contribution < 1.29 is 0 Å². The summed E-state index contributed by atoms with van der Waals surface area (Å²) in [5.41, 5.74) is 0.364. The van der Waals surface area contributed by atoms with Gasteiger partial charge in [-0.25, -0.2) is 9.67 Å². The Morgan fingerprint density at radius 3 is 2.88 bits per heavy atom. The summed E-state index contributed by atoms with van der Waals surface area (Å²) in [7, 11) is 4.03. The zero-order valence-corrected chi connectivity index (χ0v) is 11.9. The molecule has 0 aliphatic heterocycles. The third-order valence-electron chi connectivity index (χ3n) is 3.76. The SMILES string of the molecule is CNC1C(Sc2ncnn2C)CCCC1(C)C. The van der Waals surface area contributed by atoms with Crippen LogP contribution in [0.3, 0.4) is 0 Å². The fourth-order valence-electron chi connectivity index (χ4n) is 2.82. The molecule has 0 bridgehead atoms. The number of hydrogen-bond donors (Lipinski definition) is 1. The second-order valence-electron chi connectivity index (χ2n) is 5.47. The van der Waals surface area contributed by atoms with Gasteiger partial charge < -0.3 is 5.32 Å². The van der Waals surface area contributed by atoms with Crippen molar-refractivity contribution in [2.75, 3.05) is 7.05 Å². The first-order valence-corrected chi connectivity index (χ1v) is 7.10. The van der Waals surface area contributed by atoms with Crippen LogP contribution in [0.15, 0.2) is 11.5 Å². The zero-order chi connectivity index (χ0) is 12.5. The highest BCUT2D eigenvalue weighted by Crippen LogP contribution is 2.42. The number of aromatic nitrogens is 3. The Morgan fingerprint density at radius 1 is 1.53 bits per heavy atom. The lowest BCUT2D eigenvalue weighted by atomic mass is 9.73. The van der Waals surface area contributed by atoms with Gasteiger partial charge in [-0.15, -0.1) is 0 Å². The minimum Gasteiger partial charge on any atom is -0.315 e. The summed E-state index contributed by atoms with van der Waals surface area (Å²) < 4.78 is 1.86. The van der Waals surface area contributed by atoms with Crippen molar-refractivity contribution in [1.82, 2.24) is 20.1 Å². The summed E-state index contributed by atoms with van der Waals surface area (Å²) in [4.78, 5) is 4.31. The first-order chi connectivity index (χ1) is 8.04. The average molecular weight is 254 g/mol. The fourth-order valence-corrected chi connectivity index (χ4v) is 4.32. The number of thioether (sulfide) groups is 1. The molecular formula is C12H22N4S. The molecule has 4 nitrogen and oxygen atoms in total. The Kier molecular flexibility index (Phi) is 3.78. The molecule has 1 aromatic rings. The topological polar surface area (TPSA) is 42.7 Å². The molecule has 1 aliphatic rings. The van der Waals surface area contributed by atoms with Gasteiger partial charge in [0.1, 0.15) is 6.33 Å². The predicted octanol–water partition coefficient (Wildman–Crippen LogP) is 2.07. The Balaban J connectivity index is 2.12. The predicted molar refractivity (Wildman–Crippen MR) is 71.1 cm³/mol. The molecule has 2 rings (SSSR count). The van der Waals surface area contributed by atoms with Gasteiger partial charge in [-0.1, -0.05) is 32.0 Å². The minimum atomic E-state index is 0.364. The lowest BCUT2D eigenvalue weighted by Gasteiger charge is -2.43. The molecule has 96 valence electrons. The maximum Gasteiger partial charge on any atom is 0.186 e. The van der Waals surface area contributed by atoms with Crippen molar-refractivity contribution in [3.63, 3.8) is 0 Å². The number of rotatable bonds is 3. The molecule has 1 N–H and O–H groups in total. The van der Waals surface area contributed by atoms with E-state index in [1.807, 2.05) is 23.5 Å². The lowest BCUT2D eigenvalue weighted by Crippen LogP contribution is -2.50. The molecule has 1 fully saturated rings. The van der Waals surface area contributed by atoms with Crippen LogP contribution < -0.4 is 5.32 Å². The molecule has 1 saturated carbocycles. The van der Waals surface area contributed by atoms with Crippen LogP contribution in [0.25, 0.3) is 0 Å². The molecule has 0 radical (unpaired) electrons. The maximum atomic E-state index is 4.31. The van der Waals surface area contributed by atoms with Crippen LogP contribution in [0, 0.1) is 5.41 Å². The van der Waals surface area contributed by atoms with Crippen molar-refractivity contribution in [2.45, 2.75) is 49.6 Å². The molecule has 0 amide bonds. The second kappa shape index (κ2) is 4.98. The molecule has 0 spiro atoms. The van der Waals surface area contributed by atoms with Gasteiger partial charge in [0.05, 0.1) is 0 Å². The highest BCUT2D eigenvalue weighted by Gasteiger charge is 2.38. The van der Waals surface area contributed by atoms with E-state index in [4.69, 9.17) is 0 Å². The molecule has 1 aliphatic carbocycles. The van der Waals surface area contributed by atoms with Gasteiger partial charge >= 0.3 is 0 Å². The zero-order valence-electron chi connectivity index (χ0n) is 11.1. The normalized spacial score (nSPS) is 28.2. The van der Waals surface area contributed by atoms with Crippen LogP contribution in [-0.4, -0.2) is 33.1 Å². The summed E-state index contributed by atoms with van der Waals surface area (Å²) in [6.45, 7) is 4.72. The van der Waals surface area contributed by atoms with E-state index in [9.17, 15) is 0 Å². The number of hydrogen-bond acceptors (Lipinski definition) is 4. The summed E-state index contributed by atoms with van der Waals surface area (Å²) in [5.74, 6) is 0. The smallest absolute Gasteiger partial charge is 0.186 e. The van der Waals surface area contributed by atoms with Crippen molar-refractivity contribution in [3.8, 4) is 0 Å². The van der Waals surface area contributed by atoms with E-state index in [2.05, 4.69) is 36.3 Å². The van der Waals surface area contributed by atoms with Crippen molar-refractivity contribution >= 4 is 11.8 Å². The number of nitrogens with one attached hydrogen (secondary N) is 1. The maximum absolute atomic E-state index is 4.31. The number of aryl methyl sites for hydroxylation is 1. The third-order valence-corrected chi connectivity index (χ3v) is 5.15. The molecule has 0 saturated heterocycles. The summed E-state index contributed by atoms with van der Waals surface area (Å²) in [5, 5.41) is 9.24. The van der Waals surface area contributed by atoms with Crippen molar-refractivity contribution in [2.24, 2.45) is 12.5 Å². The van der Waals surface area contributed by atoms with Gasteiger partial charge in [0, 0.05) is 18.3 Å². The van der Waals surface area contributed by atoms with E-state index in [0.717, 1.165) is 5.16 Å². The van der Waals surface area contributed by atoms with Crippen LogP contribution in [0.1, 0.15) is 33.1 Å². The van der Waals surface area contributed by atoms with Crippen molar-refractivity contribution in [1.29, 1.82) is 0 Å². The van der Waals surface area contributed by atoms with E-state index in [0.29, 0.717) is 16.7 Å². The van der Waals surface area contributed by atoms with Gasteiger partial charge in [0.15, 0.2) is 5.16 Å². The summed E-state index contributed by atoms with van der Waals surface area (Å²) in [6, 6.07) is 0.540. The molecule has 0 aromatic carbocycles. The molecule has 17 heavy (non-hydrogen) atoms. The Hall–Kier alpha value is -0.550. The second-order valence-corrected chi connectivity index (χ2v) is 6.68. The highest BCUT2D eigenvalue weighted by molar-refractivity contribution is 7.99. The molecule has 2 unspecified atom stereocenters. The van der Waals surface area contributed by atoms with Gasteiger partial charge in [-0.2, -0.15) is 5.10 Å². The molecule has 2 atom stereocenters. The van der Waals surface area contributed by atoms with E-state index in [1.165, 1.54) is 19.3 Å². The van der Waals surface area contributed by atoms with E-state index < -0.39 is 0 Å². The van der Waals surface area contributed by atoms with Crippen LogP contribution in [0.4, 0.5) is 0 Å². The monoisotopic (exact) mass is 254 g/mol.